The van der Waals surface area contributed by atoms with E-state index in [-0.39, 0.29) is 11.8 Å². The Hall–Kier alpha value is -2.99. The molecule has 3 aromatic rings. The summed E-state index contributed by atoms with van der Waals surface area (Å²) in [5, 5.41) is 6.52. The first kappa shape index (κ1) is 18.4. The van der Waals surface area contributed by atoms with E-state index < -0.39 is 0 Å². The van der Waals surface area contributed by atoms with E-state index in [0.717, 1.165) is 30.5 Å². The molecule has 2 N–H and O–H groups in total. The number of nitrogens with zero attached hydrogens (tertiary/aromatic N) is 1. The van der Waals surface area contributed by atoms with Gasteiger partial charge in [-0.3, -0.25) is 14.6 Å². The molecule has 0 saturated carbocycles. The quantitative estimate of drug-likeness (QED) is 0.673. The lowest BCUT2D eigenvalue weighted by atomic mass is 9.88. The summed E-state index contributed by atoms with van der Waals surface area (Å²) in [6, 6.07) is 12.8. The van der Waals surface area contributed by atoms with Crippen molar-refractivity contribution in [3.05, 3.63) is 76.4 Å². The highest BCUT2D eigenvalue weighted by atomic mass is 32.1. The van der Waals surface area contributed by atoms with Crippen LogP contribution in [-0.2, 0) is 12.8 Å². The minimum absolute atomic E-state index is 0.181. The van der Waals surface area contributed by atoms with E-state index in [1.165, 1.54) is 22.4 Å². The molecule has 1 aliphatic carbocycles. The molecule has 1 unspecified atom stereocenters. The first-order valence-electron chi connectivity index (χ1n) is 9.34. The molecule has 6 heteroatoms. The van der Waals surface area contributed by atoms with Crippen LogP contribution < -0.4 is 10.6 Å². The molecule has 0 aliphatic heterocycles. The van der Waals surface area contributed by atoms with Gasteiger partial charge in [0.25, 0.3) is 11.8 Å². The van der Waals surface area contributed by atoms with Crippen LogP contribution in [0.4, 0.5) is 10.7 Å². The molecule has 2 aromatic heterocycles. The van der Waals surface area contributed by atoms with Gasteiger partial charge in [-0.25, -0.2) is 0 Å². The van der Waals surface area contributed by atoms with Gasteiger partial charge < -0.3 is 10.6 Å². The molecule has 0 bridgehead atoms. The van der Waals surface area contributed by atoms with Crippen LogP contribution in [0.5, 0.6) is 0 Å². The van der Waals surface area contributed by atoms with Crippen LogP contribution in [0.1, 0.15) is 44.5 Å². The number of carbonyl (C=O) groups is 2. The highest BCUT2D eigenvalue weighted by molar-refractivity contribution is 7.17. The monoisotopic (exact) mass is 391 g/mol. The highest BCUT2D eigenvalue weighted by Gasteiger charge is 2.28. The van der Waals surface area contributed by atoms with Gasteiger partial charge in [0.2, 0.25) is 0 Å². The van der Waals surface area contributed by atoms with Gasteiger partial charge in [-0.15, -0.1) is 11.3 Å². The Morgan fingerprint density at radius 2 is 1.89 bits per heavy atom. The molecule has 0 spiro atoms. The highest BCUT2D eigenvalue weighted by Crippen LogP contribution is 2.40. The van der Waals surface area contributed by atoms with Crippen molar-refractivity contribution in [1.82, 2.24) is 4.98 Å². The van der Waals surface area contributed by atoms with Gasteiger partial charge in [0.05, 0.1) is 11.1 Å². The van der Waals surface area contributed by atoms with Crippen molar-refractivity contribution in [2.45, 2.75) is 26.2 Å². The average molecular weight is 391 g/mol. The summed E-state index contributed by atoms with van der Waals surface area (Å²) < 4.78 is 0. The topological polar surface area (TPSA) is 71.1 Å². The van der Waals surface area contributed by atoms with Crippen LogP contribution in [0.15, 0.2) is 54.9 Å². The molecule has 4 rings (SSSR count). The number of anilines is 2. The molecule has 28 heavy (non-hydrogen) atoms. The Morgan fingerprint density at radius 1 is 1.07 bits per heavy atom. The number of nitrogens with one attached hydrogen (secondary N) is 2. The Kier molecular flexibility index (Phi) is 5.21. The normalized spacial score (nSPS) is 15.5. The first-order chi connectivity index (χ1) is 13.6. The van der Waals surface area contributed by atoms with Crippen LogP contribution in [-0.4, -0.2) is 16.8 Å². The van der Waals surface area contributed by atoms with E-state index in [0.29, 0.717) is 22.0 Å². The second kappa shape index (κ2) is 7.94. The van der Waals surface area contributed by atoms with E-state index >= 15 is 0 Å². The number of carbonyl (C=O) groups excluding carboxylic acids is 2. The molecule has 142 valence electrons. The maximum absolute atomic E-state index is 13.1. The van der Waals surface area contributed by atoms with Crippen molar-refractivity contribution in [2.24, 2.45) is 5.92 Å². The summed E-state index contributed by atoms with van der Waals surface area (Å²) >= 11 is 1.51. The number of aromatic nitrogens is 1. The lowest BCUT2D eigenvalue weighted by Crippen LogP contribution is -2.19. The Labute approximate surface area is 167 Å². The predicted molar refractivity (Wildman–Crippen MR) is 112 cm³/mol. The van der Waals surface area contributed by atoms with Crippen LogP contribution >= 0.6 is 11.3 Å². The summed E-state index contributed by atoms with van der Waals surface area (Å²) in [4.78, 5) is 30.9. The third-order valence-electron chi connectivity index (χ3n) is 4.92. The fourth-order valence-corrected chi connectivity index (χ4v) is 4.87. The largest absolute Gasteiger partial charge is 0.322 e. The molecular formula is C22H21N3O2S. The van der Waals surface area contributed by atoms with Crippen molar-refractivity contribution >= 4 is 33.8 Å². The number of pyridine rings is 1. The van der Waals surface area contributed by atoms with E-state index in [4.69, 9.17) is 0 Å². The van der Waals surface area contributed by atoms with Gasteiger partial charge in [0, 0.05) is 23.0 Å². The van der Waals surface area contributed by atoms with Gasteiger partial charge in [-0.1, -0.05) is 25.1 Å². The molecule has 5 nitrogen and oxygen atoms in total. The Morgan fingerprint density at radius 3 is 2.64 bits per heavy atom. The lowest BCUT2D eigenvalue weighted by molar-refractivity contribution is 0.102. The number of para-hydroxylation sites is 1. The standard InChI is InChI=1S/C22H21N3O2S/c1-14-9-10-17-18(12-14)28-22(25-20(26)15-6-5-11-23-13-15)19(17)21(27)24-16-7-3-2-4-8-16/h2-8,11,13-14H,9-10,12H2,1H3,(H,24,27)(H,25,26). The molecule has 0 fully saturated rings. The smallest absolute Gasteiger partial charge is 0.258 e. The number of thiophene rings is 1. The Balaban J connectivity index is 1.67. The van der Waals surface area contributed by atoms with Crippen molar-refractivity contribution in [3.8, 4) is 0 Å². The molecule has 0 saturated heterocycles. The fraction of sp³-hybridized carbons (Fsp3) is 0.227. The van der Waals surface area contributed by atoms with E-state index in [1.54, 1.807) is 18.3 Å². The number of rotatable bonds is 4. The second-order valence-electron chi connectivity index (χ2n) is 7.07. The summed E-state index contributed by atoms with van der Waals surface area (Å²) in [7, 11) is 0. The van der Waals surface area contributed by atoms with Gasteiger partial charge >= 0.3 is 0 Å². The number of fused-ring (bicyclic) bond motifs is 1. The van der Waals surface area contributed by atoms with Crippen molar-refractivity contribution in [2.75, 3.05) is 10.6 Å². The summed E-state index contributed by atoms with van der Waals surface area (Å²) in [5.41, 5.74) is 2.86. The third kappa shape index (κ3) is 3.82. The zero-order chi connectivity index (χ0) is 19.5. The van der Waals surface area contributed by atoms with E-state index in [2.05, 4.69) is 22.5 Å². The van der Waals surface area contributed by atoms with Gasteiger partial charge in [0.1, 0.15) is 5.00 Å². The molecule has 2 amide bonds. The van der Waals surface area contributed by atoms with Crippen LogP contribution in [0.25, 0.3) is 0 Å². The molecule has 1 aromatic carbocycles. The zero-order valence-electron chi connectivity index (χ0n) is 15.6. The van der Waals surface area contributed by atoms with Gasteiger partial charge in [-0.2, -0.15) is 0 Å². The average Bonchev–Trinajstić information content (AvgIpc) is 3.06. The molecule has 2 heterocycles. The lowest BCUT2D eigenvalue weighted by Gasteiger charge is -2.18. The maximum atomic E-state index is 13.1. The first-order valence-corrected chi connectivity index (χ1v) is 10.2. The van der Waals surface area contributed by atoms with Crippen molar-refractivity contribution in [3.63, 3.8) is 0 Å². The van der Waals surface area contributed by atoms with E-state index in [1.807, 2.05) is 30.3 Å². The van der Waals surface area contributed by atoms with Crippen molar-refractivity contribution in [1.29, 1.82) is 0 Å². The number of hydrogen-bond acceptors (Lipinski definition) is 4. The Bertz CT molecular complexity index is 999. The maximum Gasteiger partial charge on any atom is 0.258 e. The minimum Gasteiger partial charge on any atom is -0.322 e. The minimum atomic E-state index is -0.256. The van der Waals surface area contributed by atoms with E-state index in [9.17, 15) is 9.59 Å². The molecule has 0 radical (unpaired) electrons. The third-order valence-corrected chi connectivity index (χ3v) is 6.09. The molecule has 1 atom stereocenters. The molecular weight excluding hydrogens is 370 g/mol. The number of hydrogen-bond donors (Lipinski definition) is 2. The van der Waals surface area contributed by atoms with Crippen LogP contribution in [0.2, 0.25) is 0 Å². The van der Waals surface area contributed by atoms with Crippen molar-refractivity contribution < 1.29 is 9.59 Å². The SMILES string of the molecule is CC1CCc2c(sc(NC(=O)c3cccnc3)c2C(=O)Nc2ccccc2)C1. The summed E-state index contributed by atoms with van der Waals surface area (Å²) in [6.07, 6.45) is 5.99. The van der Waals surface area contributed by atoms with Crippen LogP contribution in [0, 0.1) is 5.92 Å². The zero-order valence-corrected chi connectivity index (χ0v) is 16.4. The number of benzene rings is 1. The summed E-state index contributed by atoms with van der Waals surface area (Å²) in [6.45, 7) is 2.22. The van der Waals surface area contributed by atoms with Gasteiger partial charge in [-0.05, 0) is 55.0 Å². The van der Waals surface area contributed by atoms with Gasteiger partial charge in [0.15, 0.2) is 0 Å². The number of amides is 2. The predicted octanol–water partition coefficient (Wildman–Crippen LogP) is 4.77. The molecule has 1 aliphatic rings. The second-order valence-corrected chi connectivity index (χ2v) is 8.18. The van der Waals surface area contributed by atoms with Crippen LogP contribution in [0.3, 0.4) is 0 Å². The fourth-order valence-electron chi connectivity index (χ4n) is 3.47. The summed E-state index contributed by atoms with van der Waals surface area (Å²) in [5.74, 6) is 0.145.